The molecule has 0 aliphatic rings. The number of para-hydroxylation sites is 1. The maximum atomic E-state index is 13.2. The Morgan fingerprint density at radius 3 is 2.52 bits per heavy atom. The quantitative estimate of drug-likeness (QED) is 0.428. The molecule has 1 aromatic heterocycles. The summed E-state index contributed by atoms with van der Waals surface area (Å²) in [5.74, 6) is -0.478. The summed E-state index contributed by atoms with van der Waals surface area (Å²) in [6.45, 7) is 1.83. The molecule has 8 heteroatoms. The van der Waals surface area contributed by atoms with Crippen molar-refractivity contribution < 1.29 is 22.3 Å². The molecule has 0 saturated heterocycles. The summed E-state index contributed by atoms with van der Waals surface area (Å²) >= 11 is 0. The van der Waals surface area contributed by atoms with Gasteiger partial charge in [0.05, 0.1) is 23.4 Å². The van der Waals surface area contributed by atoms with E-state index in [0.717, 1.165) is 5.56 Å². The van der Waals surface area contributed by atoms with Crippen LogP contribution in [0.15, 0.2) is 77.8 Å². The third kappa shape index (κ3) is 4.90. The Kier molecular flexibility index (Phi) is 6.20. The van der Waals surface area contributed by atoms with Crippen LogP contribution in [0.4, 0.5) is 10.1 Å². The number of hydrogen-bond donors (Lipinski definition) is 1. The molecule has 6 nitrogen and oxygen atoms in total. The van der Waals surface area contributed by atoms with E-state index in [1.54, 1.807) is 34.9 Å². The Balaban J connectivity index is 1.64. The minimum atomic E-state index is -3.74. The lowest BCUT2D eigenvalue weighted by Gasteiger charge is -2.12. The Hall–Kier alpha value is -3.65. The molecular formula is C25H23FN2O4S. The number of benzene rings is 3. The monoisotopic (exact) mass is 466 g/mol. The van der Waals surface area contributed by atoms with Crippen LogP contribution in [0.1, 0.15) is 11.1 Å². The SMILES string of the molecule is COc1ccc(C)cc1NC(=O)Cn1cc(S(=O)(=O)Cc2ccc(F)cc2)c2ccccc21. The second-order valence-corrected chi connectivity index (χ2v) is 9.73. The number of anilines is 1. The van der Waals surface area contributed by atoms with Gasteiger partial charge in [0.15, 0.2) is 9.84 Å². The van der Waals surface area contributed by atoms with Crippen LogP contribution >= 0.6 is 0 Å². The number of halogens is 1. The zero-order valence-corrected chi connectivity index (χ0v) is 19.0. The molecule has 0 unspecified atom stereocenters. The molecule has 0 bridgehead atoms. The fourth-order valence-electron chi connectivity index (χ4n) is 3.73. The van der Waals surface area contributed by atoms with Gasteiger partial charge >= 0.3 is 0 Å². The molecule has 4 aromatic rings. The lowest BCUT2D eigenvalue weighted by molar-refractivity contribution is -0.116. The van der Waals surface area contributed by atoms with Gasteiger partial charge in [-0.2, -0.15) is 0 Å². The minimum Gasteiger partial charge on any atom is -0.495 e. The van der Waals surface area contributed by atoms with Gasteiger partial charge in [0.2, 0.25) is 5.91 Å². The standard InChI is InChI=1S/C25H23FN2O4S/c1-17-7-12-23(32-2)21(13-17)27-25(29)15-28-14-24(20-5-3-4-6-22(20)28)33(30,31)16-18-8-10-19(26)11-9-18/h3-14H,15-16H2,1-2H3,(H,27,29). The van der Waals surface area contributed by atoms with Crippen molar-refractivity contribution in [2.24, 2.45) is 0 Å². The number of fused-ring (bicyclic) bond motifs is 1. The van der Waals surface area contributed by atoms with Crippen molar-refractivity contribution >= 4 is 32.3 Å². The first kappa shape index (κ1) is 22.5. The number of sulfone groups is 1. The highest BCUT2D eigenvalue weighted by Gasteiger charge is 2.22. The molecule has 0 radical (unpaired) electrons. The van der Waals surface area contributed by atoms with Crippen molar-refractivity contribution in [3.05, 3.63) is 89.9 Å². The van der Waals surface area contributed by atoms with E-state index in [2.05, 4.69) is 5.32 Å². The summed E-state index contributed by atoms with van der Waals surface area (Å²) < 4.78 is 46.5. The highest BCUT2D eigenvalue weighted by molar-refractivity contribution is 7.90. The zero-order valence-electron chi connectivity index (χ0n) is 18.2. The van der Waals surface area contributed by atoms with E-state index < -0.39 is 15.7 Å². The largest absolute Gasteiger partial charge is 0.495 e. The highest BCUT2D eigenvalue weighted by atomic mass is 32.2. The molecule has 0 atom stereocenters. The number of ether oxygens (including phenoxy) is 1. The summed E-state index contributed by atoms with van der Waals surface area (Å²) in [5.41, 5.74) is 2.62. The van der Waals surface area contributed by atoms with Gasteiger partial charge in [-0.25, -0.2) is 12.8 Å². The van der Waals surface area contributed by atoms with Crippen LogP contribution in [0.3, 0.4) is 0 Å². The molecule has 1 N–H and O–H groups in total. The molecule has 1 amide bonds. The van der Waals surface area contributed by atoms with Gasteiger partial charge in [-0.1, -0.05) is 36.4 Å². The van der Waals surface area contributed by atoms with E-state index in [-0.39, 0.29) is 23.1 Å². The summed E-state index contributed by atoms with van der Waals surface area (Å²) in [7, 11) is -2.21. The van der Waals surface area contributed by atoms with Gasteiger partial charge in [-0.05, 0) is 48.4 Å². The first-order chi connectivity index (χ1) is 15.8. The third-order valence-corrected chi connectivity index (χ3v) is 7.01. The number of carbonyl (C=O) groups is 1. The predicted molar refractivity (Wildman–Crippen MR) is 126 cm³/mol. The van der Waals surface area contributed by atoms with Crippen LogP contribution in [0.5, 0.6) is 5.75 Å². The van der Waals surface area contributed by atoms with Crippen molar-refractivity contribution in [2.45, 2.75) is 24.1 Å². The maximum absolute atomic E-state index is 13.2. The van der Waals surface area contributed by atoms with Crippen LogP contribution in [0.25, 0.3) is 10.9 Å². The summed E-state index contributed by atoms with van der Waals surface area (Å²) in [5, 5.41) is 3.37. The van der Waals surface area contributed by atoms with Crippen LogP contribution in [-0.4, -0.2) is 26.0 Å². The topological polar surface area (TPSA) is 77.4 Å². The fourth-order valence-corrected chi connectivity index (χ4v) is 5.32. The first-order valence-electron chi connectivity index (χ1n) is 10.3. The normalized spacial score (nSPS) is 11.5. The van der Waals surface area contributed by atoms with Crippen molar-refractivity contribution in [3.63, 3.8) is 0 Å². The van der Waals surface area contributed by atoms with E-state index in [9.17, 15) is 17.6 Å². The van der Waals surface area contributed by atoms with E-state index in [1.165, 1.54) is 37.6 Å². The van der Waals surface area contributed by atoms with Gasteiger partial charge in [-0.15, -0.1) is 0 Å². The van der Waals surface area contributed by atoms with Gasteiger partial charge in [0.25, 0.3) is 0 Å². The van der Waals surface area contributed by atoms with Gasteiger partial charge in [0.1, 0.15) is 18.1 Å². The number of aromatic nitrogens is 1. The van der Waals surface area contributed by atoms with Gasteiger partial charge in [0, 0.05) is 17.1 Å². The number of carbonyl (C=O) groups excluding carboxylic acids is 1. The van der Waals surface area contributed by atoms with E-state index in [4.69, 9.17) is 4.74 Å². The molecule has 4 rings (SSSR count). The van der Waals surface area contributed by atoms with Crippen molar-refractivity contribution in [1.82, 2.24) is 4.57 Å². The lowest BCUT2D eigenvalue weighted by atomic mass is 10.2. The van der Waals surface area contributed by atoms with E-state index in [0.29, 0.717) is 27.9 Å². The van der Waals surface area contributed by atoms with Crippen LogP contribution < -0.4 is 10.1 Å². The maximum Gasteiger partial charge on any atom is 0.244 e. The third-order valence-electron chi connectivity index (χ3n) is 5.30. The number of rotatable bonds is 7. The molecule has 3 aromatic carbocycles. The van der Waals surface area contributed by atoms with Gasteiger partial charge < -0.3 is 14.6 Å². The van der Waals surface area contributed by atoms with Crippen LogP contribution in [0.2, 0.25) is 0 Å². The molecule has 0 aliphatic heterocycles. The molecular weight excluding hydrogens is 443 g/mol. The fraction of sp³-hybridized carbons (Fsp3) is 0.160. The first-order valence-corrected chi connectivity index (χ1v) is 11.9. The lowest BCUT2D eigenvalue weighted by Crippen LogP contribution is -2.18. The summed E-state index contributed by atoms with van der Waals surface area (Å²) in [6.07, 6.45) is 1.48. The smallest absolute Gasteiger partial charge is 0.244 e. The van der Waals surface area contributed by atoms with Crippen molar-refractivity contribution in [1.29, 1.82) is 0 Å². The number of aryl methyl sites for hydroxylation is 1. The number of amides is 1. The average Bonchev–Trinajstić information content (AvgIpc) is 3.15. The number of nitrogens with one attached hydrogen (secondary N) is 1. The predicted octanol–water partition coefficient (Wildman–Crippen LogP) is 4.71. The second-order valence-electron chi connectivity index (χ2n) is 7.78. The van der Waals surface area contributed by atoms with Gasteiger partial charge in [-0.3, -0.25) is 4.79 Å². The molecule has 1 heterocycles. The van der Waals surface area contributed by atoms with Crippen molar-refractivity contribution in [3.8, 4) is 5.75 Å². The van der Waals surface area contributed by atoms with Crippen LogP contribution in [0, 0.1) is 12.7 Å². The average molecular weight is 467 g/mol. The Labute approximate surface area is 191 Å². The second kappa shape index (κ2) is 9.07. The molecule has 0 spiro atoms. The van der Waals surface area contributed by atoms with E-state index in [1.807, 2.05) is 19.1 Å². The summed E-state index contributed by atoms with van der Waals surface area (Å²) in [6, 6.07) is 17.9. The molecule has 170 valence electrons. The molecule has 0 aliphatic carbocycles. The van der Waals surface area contributed by atoms with Crippen molar-refractivity contribution in [2.75, 3.05) is 12.4 Å². The Morgan fingerprint density at radius 2 is 1.79 bits per heavy atom. The Bertz CT molecular complexity index is 1430. The Morgan fingerprint density at radius 1 is 1.06 bits per heavy atom. The highest BCUT2D eigenvalue weighted by Crippen LogP contribution is 2.29. The van der Waals surface area contributed by atoms with Crippen LogP contribution in [-0.2, 0) is 26.9 Å². The number of methoxy groups -OCH3 is 1. The molecule has 0 fully saturated rings. The van der Waals surface area contributed by atoms with E-state index >= 15 is 0 Å². The number of nitrogens with zero attached hydrogens (tertiary/aromatic N) is 1. The zero-order chi connectivity index (χ0) is 23.6. The molecule has 0 saturated carbocycles. The minimum absolute atomic E-state index is 0.0797. The molecule has 33 heavy (non-hydrogen) atoms. The summed E-state index contributed by atoms with van der Waals surface area (Å²) in [4.78, 5) is 12.9. The number of hydrogen-bond acceptors (Lipinski definition) is 4.